The first kappa shape index (κ1) is 20.9. The number of amides is 1. The van der Waals surface area contributed by atoms with Crippen molar-refractivity contribution in [1.29, 1.82) is 0 Å². The highest BCUT2D eigenvalue weighted by Crippen LogP contribution is 2.26. The average molecular weight is 417 g/mol. The molecule has 26 heavy (non-hydrogen) atoms. The van der Waals surface area contributed by atoms with E-state index in [1.807, 2.05) is 24.4 Å². The van der Waals surface area contributed by atoms with Gasteiger partial charge in [0.05, 0.1) is 27.0 Å². The highest BCUT2D eigenvalue weighted by atomic mass is 35.5. The number of quaternary nitrogens is 1. The first-order chi connectivity index (χ1) is 12.2. The van der Waals surface area contributed by atoms with Crippen LogP contribution in [-0.4, -0.2) is 45.8 Å². The lowest BCUT2D eigenvalue weighted by Gasteiger charge is -2.17. The maximum atomic E-state index is 12.4. The quantitative estimate of drug-likeness (QED) is 0.688. The van der Waals surface area contributed by atoms with Crippen molar-refractivity contribution in [2.24, 2.45) is 0 Å². The van der Waals surface area contributed by atoms with Crippen molar-refractivity contribution in [1.82, 2.24) is 4.31 Å². The number of nitrogens with zero attached hydrogens (tertiary/aromatic N) is 1. The SMILES string of the molecule is CC[NH+](CC(=O)Nc1cc(S(=O)(=O)N(C)C)ccc1Cl)Cc1cccs1. The molecule has 0 aliphatic carbocycles. The van der Waals surface area contributed by atoms with Gasteiger partial charge in [-0.15, -0.1) is 11.3 Å². The van der Waals surface area contributed by atoms with E-state index in [0.29, 0.717) is 10.7 Å². The van der Waals surface area contributed by atoms with Crippen LogP contribution in [0.1, 0.15) is 11.8 Å². The predicted molar refractivity (Wildman–Crippen MR) is 105 cm³/mol. The number of halogens is 1. The van der Waals surface area contributed by atoms with Crippen molar-refractivity contribution in [3.63, 3.8) is 0 Å². The van der Waals surface area contributed by atoms with Crippen molar-refractivity contribution in [2.75, 3.05) is 32.5 Å². The molecular weight excluding hydrogens is 394 g/mol. The van der Waals surface area contributed by atoms with Gasteiger partial charge in [-0.3, -0.25) is 4.79 Å². The molecule has 2 rings (SSSR count). The van der Waals surface area contributed by atoms with Crippen LogP contribution in [0, 0.1) is 0 Å². The molecule has 2 aromatic rings. The normalized spacial score (nSPS) is 13.0. The molecule has 0 saturated carbocycles. The number of nitrogens with one attached hydrogen (secondary N) is 2. The van der Waals surface area contributed by atoms with Crippen molar-refractivity contribution >= 4 is 44.6 Å². The van der Waals surface area contributed by atoms with E-state index in [0.717, 1.165) is 22.3 Å². The van der Waals surface area contributed by atoms with Crippen molar-refractivity contribution in [3.8, 4) is 0 Å². The summed E-state index contributed by atoms with van der Waals surface area (Å²) in [5.41, 5.74) is 0.297. The lowest BCUT2D eigenvalue weighted by atomic mass is 10.3. The second-order valence-corrected chi connectivity index (χ2v) is 9.61. The van der Waals surface area contributed by atoms with E-state index in [1.165, 1.54) is 37.2 Å². The van der Waals surface area contributed by atoms with Crippen LogP contribution in [0.2, 0.25) is 5.02 Å². The van der Waals surface area contributed by atoms with Gasteiger partial charge in [0, 0.05) is 14.1 Å². The number of carbonyl (C=O) groups excluding carboxylic acids is 1. The van der Waals surface area contributed by atoms with Crippen LogP contribution in [0.5, 0.6) is 0 Å². The highest BCUT2D eigenvalue weighted by Gasteiger charge is 2.20. The number of hydrogen-bond acceptors (Lipinski definition) is 4. The maximum absolute atomic E-state index is 12.4. The van der Waals surface area contributed by atoms with E-state index in [2.05, 4.69) is 5.32 Å². The van der Waals surface area contributed by atoms with E-state index in [9.17, 15) is 13.2 Å². The number of hydrogen-bond donors (Lipinski definition) is 2. The van der Waals surface area contributed by atoms with Crippen LogP contribution in [0.15, 0.2) is 40.6 Å². The van der Waals surface area contributed by atoms with Crippen LogP contribution in [0.25, 0.3) is 0 Å². The van der Waals surface area contributed by atoms with Crippen molar-refractivity contribution < 1.29 is 18.1 Å². The Labute approximate surface area is 163 Å². The Balaban J connectivity index is 2.10. The van der Waals surface area contributed by atoms with Gasteiger partial charge in [0.1, 0.15) is 6.54 Å². The number of carbonyl (C=O) groups is 1. The lowest BCUT2D eigenvalue weighted by Crippen LogP contribution is -3.11. The molecule has 0 saturated heterocycles. The molecule has 0 radical (unpaired) electrons. The van der Waals surface area contributed by atoms with Gasteiger partial charge < -0.3 is 10.2 Å². The highest BCUT2D eigenvalue weighted by molar-refractivity contribution is 7.89. The van der Waals surface area contributed by atoms with Crippen molar-refractivity contribution in [3.05, 3.63) is 45.6 Å². The second-order valence-electron chi connectivity index (χ2n) is 6.01. The zero-order chi connectivity index (χ0) is 19.3. The summed E-state index contributed by atoms with van der Waals surface area (Å²) in [7, 11) is -0.687. The summed E-state index contributed by atoms with van der Waals surface area (Å²) < 4.78 is 25.6. The second kappa shape index (κ2) is 8.96. The minimum Gasteiger partial charge on any atom is -0.323 e. The van der Waals surface area contributed by atoms with Crippen LogP contribution in [0.3, 0.4) is 0 Å². The first-order valence-corrected chi connectivity index (χ1v) is 10.8. The van der Waals surface area contributed by atoms with E-state index in [-0.39, 0.29) is 17.3 Å². The Morgan fingerprint density at radius 2 is 2.04 bits per heavy atom. The summed E-state index contributed by atoms with van der Waals surface area (Å²) in [6.45, 7) is 3.86. The Morgan fingerprint density at radius 1 is 1.31 bits per heavy atom. The monoisotopic (exact) mass is 416 g/mol. The first-order valence-electron chi connectivity index (χ1n) is 8.12. The summed E-state index contributed by atoms with van der Waals surface area (Å²) in [4.78, 5) is 14.8. The molecule has 1 unspecified atom stereocenters. The van der Waals surface area contributed by atoms with Crippen LogP contribution in [-0.2, 0) is 21.4 Å². The molecule has 1 atom stereocenters. The number of likely N-dealkylation sites (N-methyl/N-ethyl adjacent to an activating group) is 1. The fourth-order valence-electron chi connectivity index (χ4n) is 2.36. The topological polar surface area (TPSA) is 70.9 Å². The number of sulfonamides is 1. The standard InChI is InChI=1S/C17H22ClN3O3S2/c1-4-21(11-13-6-5-9-25-13)12-17(22)19-16-10-14(7-8-15(16)18)26(23,24)20(2)3/h5-10H,4,11-12H2,1-3H3,(H,19,22)/p+1. The Morgan fingerprint density at radius 3 is 2.62 bits per heavy atom. The molecule has 0 aliphatic heterocycles. The zero-order valence-corrected chi connectivity index (χ0v) is 17.3. The van der Waals surface area contributed by atoms with E-state index < -0.39 is 10.0 Å². The summed E-state index contributed by atoms with van der Waals surface area (Å²) in [5, 5.41) is 5.05. The number of anilines is 1. The molecule has 0 bridgehead atoms. The molecule has 0 aliphatic rings. The third-order valence-corrected chi connectivity index (χ3v) is 6.92. The minimum atomic E-state index is -3.59. The average Bonchev–Trinajstić information content (AvgIpc) is 3.08. The van der Waals surface area contributed by atoms with Gasteiger partial charge in [-0.05, 0) is 36.6 Å². The van der Waals surface area contributed by atoms with E-state index in [4.69, 9.17) is 11.6 Å². The molecule has 1 heterocycles. The number of thiophene rings is 1. The molecule has 1 aromatic heterocycles. The van der Waals surface area contributed by atoms with Gasteiger partial charge in [0.15, 0.2) is 6.54 Å². The molecule has 1 aromatic carbocycles. The van der Waals surface area contributed by atoms with Gasteiger partial charge in [-0.2, -0.15) is 0 Å². The van der Waals surface area contributed by atoms with Gasteiger partial charge in [0.25, 0.3) is 5.91 Å². The minimum absolute atomic E-state index is 0.0838. The third kappa shape index (κ3) is 5.28. The molecule has 9 heteroatoms. The summed E-state index contributed by atoms with van der Waals surface area (Å²) in [6, 6.07) is 8.33. The van der Waals surface area contributed by atoms with Gasteiger partial charge in [-0.1, -0.05) is 17.7 Å². The fraction of sp³-hybridized carbons (Fsp3) is 0.353. The molecule has 142 valence electrons. The molecule has 1 amide bonds. The Kier molecular flexibility index (Phi) is 7.19. The molecule has 6 nitrogen and oxygen atoms in total. The van der Waals surface area contributed by atoms with E-state index in [1.54, 1.807) is 11.3 Å². The van der Waals surface area contributed by atoms with Gasteiger partial charge >= 0.3 is 0 Å². The maximum Gasteiger partial charge on any atom is 0.279 e. The van der Waals surface area contributed by atoms with Crippen molar-refractivity contribution in [2.45, 2.75) is 18.4 Å². The predicted octanol–water partition coefficient (Wildman–Crippen LogP) is 1.70. The number of rotatable bonds is 8. The smallest absolute Gasteiger partial charge is 0.279 e. The van der Waals surface area contributed by atoms with Crippen LogP contribution in [0.4, 0.5) is 5.69 Å². The third-order valence-electron chi connectivity index (χ3n) is 3.91. The fourth-order valence-corrected chi connectivity index (χ4v) is 4.23. The largest absolute Gasteiger partial charge is 0.323 e. The van der Waals surface area contributed by atoms with Crippen LogP contribution >= 0.6 is 22.9 Å². The Hall–Kier alpha value is -1.45. The molecule has 0 fully saturated rings. The molecule has 0 spiro atoms. The zero-order valence-electron chi connectivity index (χ0n) is 15.0. The van der Waals surface area contributed by atoms with Gasteiger partial charge in [0.2, 0.25) is 10.0 Å². The van der Waals surface area contributed by atoms with Crippen LogP contribution < -0.4 is 10.2 Å². The van der Waals surface area contributed by atoms with Gasteiger partial charge in [-0.25, -0.2) is 12.7 Å². The van der Waals surface area contributed by atoms with E-state index >= 15 is 0 Å². The summed E-state index contributed by atoms with van der Waals surface area (Å²) in [6.07, 6.45) is 0. The molecule has 2 N–H and O–H groups in total. The number of benzene rings is 1. The molecular formula is C17H23ClN3O3S2+. The Bertz CT molecular complexity index is 852. The summed E-state index contributed by atoms with van der Waals surface area (Å²) in [5.74, 6) is -0.209. The lowest BCUT2D eigenvalue weighted by molar-refractivity contribution is -0.903. The summed E-state index contributed by atoms with van der Waals surface area (Å²) >= 11 is 7.79.